The average molecular weight is 247 g/mol. The summed E-state index contributed by atoms with van der Waals surface area (Å²) in [5.41, 5.74) is 0. The number of likely N-dealkylation sites (N-methyl/N-ethyl adjacent to an activating group) is 1. The molecule has 0 aromatic rings. The molecule has 1 fully saturated rings. The van der Waals surface area contributed by atoms with Crippen molar-refractivity contribution in [3.63, 3.8) is 0 Å². The molecular weight excluding hydrogens is 222 g/mol. The Bertz CT molecular complexity index is 192. The zero-order valence-corrected chi connectivity index (χ0v) is 11.5. The van der Waals surface area contributed by atoms with E-state index in [4.69, 9.17) is 4.74 Å². The summed E-state index contributed by atoms with van der Waals surface area (Å²) in [5.74, 6) is 1.22. The highest BCUT2D eigenvalue weighted by Crippen LogP contribution is 2.32. The Morgan fingerprint density at radius 1 is 1.50 bits per heavy atom. The highest BCUT2D eigenvalue weighted by atomic mass is 32.2. The Hall–Kier alpha value is 0.230. The van der Waals surface area contributed by atoms with E-state index in [9.17, 15) is 5.11 Å². The molecule has 0 unspecified atom stereocenters. The molecule has 0 aromatic heterocycles. The van der Waals surface area contributed by atoms with Gasteiger partial charge in [-0.15, -0.1) is 0 Å². The van der Waals surface area contributed by atoms with E-state index in [1.165, 1.54) is 25.0 Å². The molecule has 0 spiro atoms. The molecule has 4 heteroatoms. The van der Waals surface area contributed by atoms with E-state index in [-0.39, 0.29) is 6.10 Å². The second-order valence-electron chi connectivity index (χ2n) is 4.59. The Balaban J connectivity index is 2.24. The minimum Gasteiger partial charge on any atom is -0.389 e. The fraction of sp³-hybridized carbons (Fsp3) is 1.00. The molecular formula is C12H25NO2S. The van der Waals surface area contributed by atoms with Gasteiger partial charge in [0.1, 0.15) is 0 Å². The topological polar surface area (TPSA) is 32.7 Å². The summed E-state index contributed by atoms with van der Waals surface area (Å²) < 4.78 is 4.95. The van der Waals surface area contributed by atoms with Crippen LogP contribution < -0.4 is 0 Å². The summed E-state index contributed by atoms with van der Waals surface area (Å²) in [7, 11) is 3.75. The van der Waals surface area contributed by atoms with E-state index in [0.29, 0.717) is 12.6 Å². The second-order valence-corrected chi connectivity index (χ2v) is 6.17. The molecule has 0 heterocycles. The zero-order valence-electron chi connectivity index (χ0n) is 10.7. The molecule has 0 aromatic carbocycles. The molecule has 0 amide bonds. The molecule has 0 bridgehead atoms. The number of rotatable bonds is 7. The molecule has 1 saturated carbocycles. The van der Waals surface area contributed by atoms with Crippen LogP contribution in [0.1, 0.15) is 26.2 Å². The molecule has 0 saturated heterocycles. The zero-order chi connectivity index (χ0) is 12.0. The van der Waals surface area contributed by atoms with Crippen molar-refractivity contribution in [1.29, 1.82) is 0 Å². The van der Waals surface area contributed by atoms with Crippen molar-refractivity contribution in [2.24, 2.45) is 0 Å². The van der Waals surface area contributed by atoms with Gasteiger partial charge in [-0.1, -0.05) is 6.92 Å². The molecule has 96 valence electrons. The third kappa shape index (κ3) is 4.62. The summed E-state index contributed by atoms with van der Waals surface area (Å²) in [4.78, 5) is 2.29. The van der Waals surface area contributed by atoms with Crippen LogP contribution in [0.3, 0.4) is 0 Å². The SMILES string of the molecule is CCS[C@@H]1CC[C@@H](N(C)C[C@H](O)COC)C1. The van der Waals surface area contributed by atoms with Gasteiger partial charge in [-0.05, 0) is 32.1 Å². The first kappa shape index (κ1) is 14.3. The molecule has 3 nitrogen and oxygen atoms in total. The van der Waals surface area contributed by atoms with E-state index < -0.39 is 0 Å². The van der Waals surface area contributed by atoms with Crippen LogP contribution in [0.15, 0.2) is 0 Å². The van der Waals surface area contributed by atoms with Crippen molar-refractivity contribution in [2.75, 3.05) is 33.1 Å². The number of aliphatic hydroxyl groups excluding tert-OH is 1. The van der Waals surface area contributed by atoms with Gasteiger partial charge in [-0.3, -0.25) is 0 Å². The largest absolute Gasteiger partial charge is 0.389 e. The molecule has 1 N–H and O–H groups in total. The van der Waals surface area contributed by atoms with Crippen molar-refractivity contribution < 1.29 is 9.84 Å². The van der Waals surface area contributed by atoms with E-state index in [1.54, 1.807) is 7.11 Å². The molecule has 0 aliphatic heterocycles. The van der Waals surface area contributed by atoms with Crippen LogP contribution in [0.5, 0.6) is 0 Å². The van der Waals surface area contributed by atoms with Crippen molar-refractivity contribution in [3.05, 3.63) is 0 Å². The Labute approximate surface area is 104 Å². The van der Waals surface area contributed by atoms with Crippen molar-refractivity contribution >= 4 is 11.8 Å². The fourth-order valence-electron chi connectivity index (χ4n) is 2.43. The molecule has 1 aliphatic carbocycles. The summed E-state index contributed by atoms with van der Waals surface area (Å²) in [6.07, 6.45) is 3.52. The highest BCUT2D eigenvalue weighted by Gasteiger charge is 2.28. The monoisotopic (exact) mass is 247 g/mol. The van der Waals surface area contributed by atoms with E-state index in [1.807, 2.05) is 0 Å². The van der Waals surface area contributed by atoms with Crippen molar-refractivity contribution in [2.45, 2.75) is 43.6 Å². The quantitative estimate of drug-likeness (QED) is 0.741. The smallest absolute Gasteiger partial charge is 0.0900 e. The summed E-state index contributed by atoms with van der Waals surface area (Å²) in [5, 5.41) is 10.5. The van der Waals surface area contributed by atoms with Crippen molar-refractivity contribution in [3.8, 4) is 0 Å². The maximum absolute atomic E-state index is 9.68. The van der Waals surface area contributed by atoms with Gasteiger partial charge in [0.05, 0.1) is 12.7 Å². The predicted molar refractivity (Wildman–Crippen MR) is 70.1 cm³/mol. The van der Waals surface area contributed by atoms with Gasteiger partial charge in [0.2, 0.25) is 0 Å². The highest BCUT2D eigenvalue weighted by molar-refractivity contribution is 7.99. The molecule has 0 radical (unpaired) electrons. The number of ether oxygens (including phenoxy) is 1. The van der Waals surface area contributed by atoms with Gasteiger partial charge in [0.15, 0.2) is 0 Å². The van der Waals surface area contributed by atoms with Crippen LogP contribution in [0.25, 0.3) is 0 Å². The summed E-state index contributed by atoms with van der Waals surface area (Å²) in [6, 6.07) is 0.649. The van der Waals surface area contributed by atoms with Crippen LogP contribution in [0, 0.1) is 0 Å². The normalized spacial score (nSPS) is 27.6. The first-order chi connectivity index (χ1) is 7.67. The number of hydrogen-bond acceptors (Lipinski definition) is 4. The predicted octanol–water partition coefficient (Wildman–Crippen LogP) is 1.60. The van der Waals surface area contributed by atoms with Crippen LogP contribution in [-0.4, -0.2) is 60.5 Å². The number of hydrogen-bond donors (Lipinski definition) is 1. The van der Waals surface area contributed by atoms with Crippen LogP contribution in [0.4, 0.5) is 0 Å². The maximum Gasteiger partial charge on any atom is 0.0900 e. The lowest BCUT2D eigenvalue weighted by Gasteiger charge is -2.26. The molecule has 3 atom stereocenters. The Morgan fingerprint density at radius 3 is 2.88 bits per heavy atom. The lowest BCUT2D eigenvalue weighted by atomic mass is 10.2. The third-order valence-electron chi connectivity index (χ3n) is 3.24. The van der Waals surface area contributed by atoms with Crippen LogP contribution in [-0.2, 0) is 4.74 Å². The van der Waals surface area contributed by atoms with Crippen molar-refractivity contribution in [1.82, 2.24) is 4.90 Å². The maximum atomic E-state index is 9.68. The first-order valence-corrected chi connectivity index (χ1v) is 7.21. The standard InChI is InChI=1S/C12H25NO2S/c1-4-16-12-6-5-10(7-12)13(2)8-11(14)9-15-3/h10-12,14H,4-9H2,1-3H3/t10-,11+,12-/m1/s1. The second kappa shape index (κ2) is 7.54. The number of nitrogens with zero attached hydrogens (tertiary/aromatic N) is 1. The van der Waals surface area contributed by atoms with Gasteiger partial charge in [0, 0.05) is 24.9 Å². The van der Waals surface area contributed by atoms with Crippen LogP contribution in [0.2, 0.25) is 0 Å². The van der Waals surface area contributed by atoms with Gasteiger partial charge in [0.25, 0.3) is 0 Å². The Kier molecular flexibility index (Phi) is 6.73. The molecule has 1 rings (SSSR count). The van der Waals surface area contributed by atoms with Crippen LogP contribution >= 0.6 is 11.8 Å². The molecule has 16 heavy (non-hydrogen) atoms. The minimum atomic E-state index is -0.354. The van der Waals surface area contributed by atoms with Gasteiger partial charge < -0.3 is 14.7 Å². The Morgan fingerprint density at radius 2 is 2.25 bits per heavy atom. The van der Waals surface area contributed by atoms with E-state index in [0.717, 1.165) is 11.8 Å². The summed E-state index contributed by atoms with van der Waals surface area (Å²) >= 11 is 2.08. The molecule has 1 aliphatic rings. The fourth-order valence-corrected chi connectivity index (χ4v) is 3.56. The number of methoxy groups -OCH3 is 1. The lowest BCUT2D eigenvalue weighted by molar-refractivity contribution is 0.0348. The number of thioether (sulfide) groups is 1. The summed E-state index contributed by atoms with van der Waals surface area (Å²) in [6.45, 7) is 3.39. The first-order valence-electron chi connectivity index (χ1n) is 6.16. The van der Waals surface area contributed by atoms with Gasteiger partial charge in [-0.25, -0.2) is 0 Å². The van der Waals surface area contributed by atoms with E-state index in [2.05, 4.69) is 30.6 Å². The van der Waals surface area contributed by atoms with E-state index >= 15 is 0 Å². The third-order valence-corrected chi connectivity index (χ3v) is 4.47. The van der Waals surface area contributed by atoms with Gasteiger partial charge in [-0.2, -0.15) is 11.8 Å². The lowest BCUT2D eigenvalue weighted by Crippen LogP contribution is -2.38. The number of aliphatic hydroxyl groups is 1. The van der Waals surface area contributed by atoms with Gasteiger partial charge >= 0.3 is 0 Å². The average Bonchev–Trinajstić information content (AvgIpc) is 2.67. The minimum absolute atomic E-state index is 0.354.